The summed E-state index contributed by atoms with van der Waals surface area (Å²) in [6, 6.07) is 13.1. The molecule has 0 aliphatic carbocycles. The van der Waals surface area contributed by atoms with Crippen LogP contribution in [-0.2, 0) is 9.59 Å². The van der Waals surface area contributed by atoms with E-state index in [9.17, 15) is 9.59 Å². The lowest BCUT2D eigenvalue weighted by atomic mass is 10.1. The molecule has 1 N–H and O–H groups in total. The molecule has 2 amide bonds. The highest BCUT2D eigenvalue weighted by atomic mass is 79.9. The van der Waals surface area contributed by atoms with Crippen LogP contribution in [0.5, 0.6) is 0 Å². The molecule has 0 atom stereocenters. The average molecular weight is 400 g/mol. The highest BCUT2D eigenvalue weighted by Crippen LogP contribution is 2.28. The van der Waals surface area contributed by atoms with Gasteiger partial charge in [0, 0.05) is 18.6 Å². The molecule has 0 radical (unpaired) electrons. The largest absolute Gasteiger partial charge is 0.377 e. The number of aryl methyl sites for hydroxylation is 1. The van der Waals surface area contributed by atoms with Gasteiger partial charge < -0.3 is 4.90 Å². The molecular formula is C19H18BrN3O2. The first-order valence-electron chi connectivity index (χ1n) is 7.77. The van der Waals surface area contributed by atoms with Gasteiger partial charge in [0.25, 0.3) is 11.8 Å². The van der Waals surface area contributed by atoms with E-state index in [1.54, 1.807) is 18.2 Å². The zero-order valence-corrected chi connectivity index (χ0v) is 15.8. The van der Waals surface area contributed by atoms with Gasteiger partial charge in [0.05, 0.1) is 11.4 Å². The molecule has 1 aliphatic rings. The zero-order valence-electron chi connectivity index (χ0n) is 14.2. The number of carbonyl (C=O) groups is 2. The number of halogens is 1. The monoisotopic (exact) mass is 399 g/mol. The van der Waals surface area contributed by atoms with E-state index in [0.29, 0.717) is 5.69 Å². The van der Waals surface area contributed by atoms with Gasteiger partial charge in [-0.25, -0.2) is 5.01 Å². The molecule has 25 heavy (non-hydrogen) atoms. The Labute approximate surface area is 155 Å². The topological polar surface area (TPSA) is 52.7 Å². The van der Waals surface area contributed by atoms with E-state index in [-0.39, 0.29) is 11.5 Å². The molecule has 0 bridgehead atoms. The minimum absolute atomic E-state index is 0.116. The SMILES string of the molecule is Cc1ccc(N2NC(=O)/C(=C/c3ccc(N(C)C)c(Br)c3)C2=O)cc1. The molecule has 2 aromatic carbocycles. The number of benzene rings is 2. The number of nitrogens with zero attached hydrogens (tertiary/aromatic N) is 2. The second kappa shape index (κ2) is 6.72. The minimum atomic E-state index is -0.404. The third-order valence-corrected chi connectivity index (χ3v) is 4.58. The maximum atomic E-state index is 12.6. The van der Waals surface area contributed by atoms with Gasteiger partial charge in [0.15, 0.2) is 0 Å². The highest BCUT2D eigenvalue weighted by molar-refractivity contribution is 9.10. The van der Waals surface area contributed by atoms with Crippen LogP contribution >= 0.6 is 15.9 Å². The molecule has 3 rings (SSSR count). The van der Waals surface area contributed by atoms with Gasteiger partial charge >= 0.3 is 0 Å². The highest BCUT2D eigenvalue weighted by Gasteiger charge is 2.34. The fraction of sp³-hybridized carbons (Fsp3) is 0.158. The predicted molar refractivity (Wildman–Crippen MR) is 103 cm³/mol. The van der Waals surface area contributed by atoms with Crippen LogP contribution in [0.15, 0.2) is 52.5 Å². The Hall–Kier alpha value is -2.60. The van der Waals surface area contributed by atoms with E-state index in [4.69, 9.17) is 0 Å². The van der Waals surface area contributed by atoms with E-state index >= 15 is 0 Å². The number of anilines is 2. The summed E-state index contributed by atoms with van der Waals surface area (Å²) in [5, 5.41) is 1.27. The molecule has 1 heterocycles. The minimum Gasteiger partial charge on any atom is -0.377 e. The van der Waals surface area contributed by atoms with Gasteiger partial charge in [-0.2, -0.15) is 0 Å². The van der Waals surface area contributed by atoms with Crippen molar-refractivity contribution in [3.8, 4) is 0 Å². The Morgan fingerprint density at radius 1 is 1.08 bits per heavy atom. The lowest BCUT2D eigenvalue weighted by Crippen LogP contribution is -2.35. The van der Waals surface area contributed by atoms with Crippen molar-refractivity contribution in [2.24, 2.45) is 0 Å². The van der Waals surface area contributed by atoms with Crippen LogP contribution in [0, 0.1) is 6.92 Å². The van der Waals surface area contributed by atoms with Gasteiger partial charge in [-0.1, -0.05) is 23.8 Å². The van der Waals surface area contributed by atoms with Crippen LogP contribution in [0.3, 0.4) is 0 Å². The first kappa shape index (κ1) is 17.2. The Morgan fingerprint density at radius 2 is 1.76 bits per heavy atom. The normalized spacial score (nSPS) is 15.7. The number of hydrogen-bond acceptors (Lipinski definition) is 3. The lowest BCUT2D eigenvalue weighted by molar-refractivity contribution is -0.117. The van der Waals surface area contributed by atoms with Crippen molar-refractivity contribution in [3.05, 3.63) is 63.6 Å². The van der Waals surface area contributed by atoms with E-state index in [2.05, 4.69) is 21.4 Å². The molecule has 0 saturated carbocycles. The van der Waals surface area contributed by atoms with Crippen LogP contribution in [0.2, 0.25) is 0 Å². The molecule has 6 heteroatoms. The molecule has 2 aromatic rings. The number of hydrogen-bond donors (Lipinski definition) is 1. The maximum absolute atomic E-state index is 12.6. The van der Waals surface area contributed by atoms with E-state index in [1.807, 2.05) is 56.3 Å². The third-order valence-electron chi connectivity index (χ3n) is 3.95. The summed E-state index contributed by atoms with van der Waals surface area (Å²) in [6.45, 7) is 1.97. The molecule has 128 valence electrons. The lowest BCUT2D eigenvalue weighted by Gasteiger charge is -2.15. The van der Waals surface area contributed by atoms with E-state index in [0.717, 1.165) is 21.3 Å². The van der Waals surface area contributed by atoms with Crippen molar-refractivity contribution in [3.63, 3.8) is 0 Å². The van der Waals surface area contributed by atoms with Crippen molar-refractivity contribution >= 4 is 45.2 Å². The first-order chi connectivity index (χ1) is 11.9. The number of hydrazine groups is 1. The van der Waals surface area contributed by atoms with Crippen molar-refractivity contribution in [2.75, 3.05) is 24.0 Å². The summed E-state index contributed by atoms with van der Waals surface area (Å²) in [5.74, 6) is -0.764. The Bertz CT molecular complexity index is 873. The second-order valence-corrected chi connectivity index (χ2v) is 6.93. The van der Waals surface area contributed by atoms with Crippen molar-refractivity contribution < 1.29 is 9.59 Å². The Morgan fingerprint density at radius 3 is 2.36 bits per heavy atom. The fourth-order valence-corrected chi connectivity index (χ4v) is 3.33. The van der Waals surface area contributed by atoms with E-state index in [1.165, 1.54) is 5.01 Å². The zero-order chi connectivity index (χ0) is 18.1. The summed E-state index contributed by atoms with van der Waals surface area (Å²) < 4.78 is 0.896. The van der Waals surface area contributed by atoms with Gasteiger partial charge in [-0.05, 0) is 58.8 Å². The summed E-state index contributed by atoms with van der Waals surface area (Å²) in [4.78, 5) is 26.8. The first-order valence-corrected chi connectivity index (χ1v) is 8.57. The Balaban J connectivity index is 1.91. The van der Waals surface area contributed by atoms with Gasteiger partial charge in [0.1, 0.15) is 5.57 Å². The quantitative estimate of drug-likeness (QED) is 0.636. The molecule has 1 saturated heterocycles. The van der Waals surface area contributed by atoms with Crippen LogP contribution in [0.1, 0.15) is 11.1 Å². The number of carbonyl (C=O) groups excluding carboxylic acids is 2. The maximum Gasteiger partial charge on any atom is 0.282 e. The molecule has 0 spiro atoms. The van der Waals surface area contributed by atoms with Crippen molar-refractivity contribution in [1.82, 2.24) is 5.43 Å². The standard InChI is InChI=1S/C19H18BrN3O2/c1-12-4-7-14(8-5-12)23-19(25)15(18(24)21-23)10-13-6-9-17(22(2)3)16(20)11-13/h4-11H,1-3H3,(H,21,24)/b15-10-. The van der Waals surface area contributed by atoms with Crippen LogP contribution in [0.4, 0.5) is 11.4 Å². The molecule has 1 aliphatic heterocycles. The third kappa shape index (κ3) is 3.44. The smallest absolute Gasteiger partial charge is 0.282 e. The van der Waals surface area contributed by atoms with E-state index < -0.39 is 5.91 Å². The van der Waals surface area contributed by atoms with Crippen LogP contribution in [0.25, 0.3) is 6.08 Å². The van der Waals surface area contributed by atoms with Crippen LogP contribution in [-0.4, -0.2) is 25.9 Å². The fourth-order valence-electron chi connectivity index (χ4n) is 2.58. The predicted octanol–water partition coefficient (Wildman–Crippen LogP) is 3.28. The number of nitrogens with one attached hydrogen (secondary N) is 1. The summed E-state index contributed by atoms with van der Waals surface area (Å²) >= 11 is 3.52. The van der Waals surface area contributed by atoms with Gasteiger partial charge in [-0.3, -0.25) is 15.0 Å². The summed E-state index contributed by atoms with van der Waals surface area (Å²) in [7, 11) is 3.90. The van der Waals surface area contributed by atoms with Crippen LogP contribution < -0.4 is 15.3 Å². The average Bonchev–Trinajstić information content (AvgIpc) is 2.83. The molecule has 0 aromatic heterocycles. The number of rotatable bonds is 3. The van der Waals surface area contributed by atoms with Gasteiger partial charge in [-0.15, -0.1) is 0 Å². The molecule has 5 nitrogen and oxygen atoms in total. The number of amides is 2. The van der Waals surface area contributed by atoms with Crippen molar-refractivity contribution in [1.29, 1.82) is 0 Å². The summed E-state index contributed by atoms with van der Waals surface area (Å²) in [5.41, 5.74) is 6.25. The Kier molecular flexibility index (Phi) is 4.63. The molecular weight excluding hydrogens is 382 g/mol. The molecule has 1 fully saturated rings. The second-order valence-electron chi connectivity index (χ2n) is 6.08. The van der Waals surface area contributed by atoms with Crippen molar-refractivity contribution in [2.45, 2.75) is 6.92 Å². The molecule has 0 unspecified atom stereocenters. The van der Waals surface area contributed by atoms with Gasteiger partial charge in [0.2, 0.25) is 0 Å². The summed E-state index contributed by atoms with van der Waals surface area (Å²) in [6.07, 6.45) is 1.61.